The number of ether oxygens (including phenoxy) is 1. The Bertz CT molecular complexity index is 567. The van der Waals surface area contributed by atoms with Crippen LogP contribution in [-0.2, 0) is 4.74 Å². The van der Waals surface area contributed by atoms with Crippen molar-refractivity contribution in [2.45, 2.75) is 45.6 Å². The largest absolute Gasteiger partial charge is 0.373 e. The summed E-state index contributed by atoms with van der Waals surface area (Å²) in [6, 6.07) is 8.82. The van der Waals surface area contributed by atoms with E-state index in [1.165, 1.54) is 30.4 Å². The quantitative estimate of drug-likeness (QED) is 0.404. The van der Waals surface area contributed by atoms with Crippen molar-refractivity contribution < 1.29 is 4.74 Å². The maximum atomic E-state index is 6.15. The summed E-state index contributed by atoms with van der Waals surface area (Å²) >= 11 is 0. The number of hydrogen-bond acceptors (Lipinski definition) is 2. The van der Waals surface area contributed by atoms with Gasteiger partial charge in [0.05, 0.1) is 6.10 Å². The lowest BCUT2D eigenvalue weighted by molar-refractivity contribution is -0.0267. The van der Waals surface area contributed by atoms with Crippen LogP contribution in [0.15, 0.2) is 29.3 Å². The molecule has 146 valence electrons. The van der Waals surface area contributed by atoms with E-state index in [9.17, 15) is 0 Å². The topological polar surface area (TPSA) is 36.9 Å². The minimum absolute atomic E-state index is 0. The molecule has 2 fully saturated rings. The molecule has 1 aromatic rings. The molecule has 0 radical (unpaired) electrons. The van der Waals surface area contributed by atoms with Gasteiger partial charge in [0.15, 0.2) is 5.96 Å². The van der Waals surface area contributed by atoms with Crippen LogP contribution in [0.4, 0.5) is 0 Å². The second kappa shape index (κ2) is 10.5. The zero-order valence-electron chi connectivity index (χ0n) is 16.4. The summed E-state index contributed by atoms with van der Waals surface area (Å²) in [5.74, 6) is 2.39. The van der Waals surface area contributed by atoms with Crippen molar-refractivity contribution in [2.24, 2.45) is 16.8 Å². The molecule has 0 spiro atoms. The zero-order chi connectivity index (χ0) is 17.6. The molecular weight excluding hydrogens is 437 g/mol. The maximum absolute atomic E-state index is 6.15. The summed E-state index contributed by atoms with van der Waals surface area (Å²) in [5, 5.41) is 3.63. The number of halogens is 1. The van der Waals surface area contributed by atoms with Crippen LogP contribution in [-0.4, -0.2) is 44.1 Å². The fraction of sp³-hybridized carbons (Fsp3) is 0.667. The number of hydrogen-bond donors (Lipinski definition) is 1. The molecule has 1 N–H and O–H groups in total. The molecule has 1 aromatic carbocycles. The molecule has 0 saturated carbocycles. The van der Waals surface area contributed by atoms with Gasteiger partial charge in [-0.1, -0.05) is 36.8 Å². The molecule has 0 bridgehead atoms. The number of aryl methyl sites for hydroxylation is 1. The highest BCUT2D eigenvalue weighted by Crippen LogP contribution is 2.33. The van der Waals surface area contributed by atoms with Crippen molar-refractivity contribution in [3.05, 3.63) is 35.4 Å². The molecule has 5 heteroatoms. The van der Waals surface area contributed by atoms with Crippen molar-refractivity contribution in [1.82, 2.24) is 10.2 Å². The summed E-state index contributed by atoms with van der Waals surface area (Å²) in [6.45, 7) is 8.50. The highest BCUT2D eigenvalue weighted by atomic mass is 127. The Morgan fingerprint density at radius 2 is 1.88 bits per heavy atom. The van der Waals surface area contributed by atoms with E-state index in [0.29, 0.717) is 5.92 Å². The van der Waals surface area contributed by atoms with E-state index in [2.05, 4.69) is 53.3 Å². The van der Waals surface area contributed by atoms with E-state index in [1.807, 2.05) is 7.05 Å². The Kier molecular flexibility index (Phi) is 8.67. The molecule has 26 heavy (non-hydrogen) atoms. The first kappa shape index (κ1) is 21.5. The Morgan fingerprint density at radius 1 is 1.19 bits per heavy atom. The Morgan fingerprint density at radius 3 is 2.54 bits per heavy atom. The third-order valence-corrected chi connectivity index (χ3v) is 5.67. The fourth-order valence-corrected chi connectivity index (χ4v) is 3.95. The highest BCUT2D eigenvalue weighted by molar-refractivity contribution is 14.0. The molecule has 2 heterocycles. The van der Waals surface area contributed by atoms with Crippen LogP contribution in [0.25, 0.3) is 0 Å². The summed E-state index contributed by atoms with van der Waals surface area (Å²) in [5.41, 5.74) is 2.60. The second-order valence-electron chi connectivity index (χ2n) is 7.70. The minimum Gasteiger partial charge on any atom is -0.373 e. The molecule has 4 nitrogen and oxygen atoms in total. The molecular formula is C21H34IN3O. The molecule has 2 aliphatic heterocycles. The van der Waals surface area contributed by atoms with Gasteiger partial charge >= 0.3 is 0 Å². The lowest BCUT2D eigenvalue weighted by atomic mass is 9.89. The van der Waals surface area contributed by atoms with E-state index in [1.54, 1.807) is 0 Å². The Hall–Kier alpha value is -0.820. The van der Waals surface area contributed by atoms with Gasteiger partial charge in [0.1, 0.15) is 0 Å². The molecule has 0 aliphatic carbocycles. The monoisotopic (exact) mass is 471 g/mol. The molecule has 2 unspecified atom stereocenters. The van der Waals surface area contributed by atoms with Crippen LogP contribution < -0.4 is 5.32 Å². The normalized spacial score (nSPS) is 24.9. The van der Waals surface area contributed by atoms with Gasteiger partial charge in [-0.05, 0) is 44.1 Å². The number of nitrogens with one attached hydrogen (secondary N) is 1. The zero-order valence-corrected chi connectivity index (χ0v) is 18.7. The summed E-state index contributed by atoms with van der Waals surface area (Å²) in [4.78, 5) is 6.93. The van der Waals surface area contributed by atoms with E-state index in [4.69, 9.17) is 4.74 Å². The third kappa shape index (κ3) is 5.59. The van der Waals surface area contributed by atoms with Crippen LogP contribution in [0, 0.1) is 18.8 Å². The lowest BCUT2D eigenvalue weighted by Crippen LogP contribution is -2.47. The van der Waals surface area contributed by atoms with Crippen LogP contribution >= 0.6 is 24.0 Å². The number of benzene rings is 1. The highest BCUT2D eigenvalue weighted by Gasteiger charge is 2.28. The first-order valence-electron chi connectivity index (χ1n) is 9.81. The number of piperidine rings is 1. The predicted molar refractivity (Wildman–Crippen MR) is 119 cm³/mol. The van der Waals surface area contributed by atoms with Crippen LogP contribution in [0.2, 0.25) is 0 Å². The van der Waals surface area contributed by atoms with E-state index in [0.717, 1.165) is 44.5 Å². The SMILES string of the molecule is CN=C(NCC1CCCOC1c1ccc(C)cc1)N1CCC(C)CC1.I. The van der Waals surface area contributed by atoms with E-state index >= 15 is 0 Å². The number of nitrogens with zero attached hydrogens (tertiary/aromatic N) is 2. The van der Waals surface area contributed by atoms with E-state index in [-0.39, 0.29) is 30.1 Å². The van der Waals surface area contributed by atoms with Gasteiger partial charge < -0.3 is 15.0 Å². The Labute approximate surface area is 175 Å². The van der Waals surface area contributed by atoms with Crippen LogP contribution in [0.1, 0.15) is 49.8 Å². The molecule has 3 rings (SSSR count). The van der Waals surface area contributed by atoms with Crippen LogP contribution in [0.5, 0.6) is 0 Å². The van der Waals surface area contributed by atoms with Gasteiger partial charge in [0.25, 0.3) is 0 Å². The molecule has 0 amide bonds. The first-order valence-corrected chi connectivity index (χ1v) is 9.81. The van der Waals surface area contributed by atoms with E-state index < -0.39 is 0 Å². The van der Waals surface area contributed by atoms with Crippen molar-refractivity contribution in [3.63, 3.8) is 0 Å². The van der Waals surface area contributed by atoms with Gasteiger partial charge in [-0.15, -0.1) is 24.0 Å². The maximum Gasteiger partial charge on any atom is 0.193 e. The molecule has 2 saturated heterocycles. The van der Waals surface area contributed by atoms with Crippen molar-refractivity contribution >= 4 is 29.9 Å². The molecule has 2 aliphatic rings. The third-order valence-electron chi connectivity index (χ3n) is 5.67. The average molecular weight is 471 g/mol. The average Bonchev–Trinajstić information content (AvgIpc) is 2.65. The first-order chi connectivity index (χ1) is 12.2. The second-order valence-corrected chi connectivity index (χ2v) is 7.70. The fourth-order valence-electron chi connectivity index (χ4n) is 3.95. The van der Waals surface area contributed by atoms with Gasteiger partial charge in [0, 0.05) is 39.2 Å². The van der Waals surface area contributed by atoms with Crippen molar-refractivity contribution in [1.29, 1.82) is 0 Å². The smallest absolute Gasteiger partial charge is 0.193 e. The van der Waals surface area contributed by atoms with Gasteiger partial charge in [0.2, 0.25) is 0 Å². The number of rotatable bonds is 3. The standard InChI is InChI=1S/C21H33N3O.HI/c1-16-6-8-18(9-7-16)20-19(5-4-14-25-20)15-23-21(22-3)24-12-10-17(2)11-13-24;/h6-9,17,19-20H,4-5,10-15H2,1-3H3,(H,22,23);1H. The van der Waals surface area contributed by atoms with Crippen molar-refractivity contribution in [2.75, 3.05) is 33.3 Å². The summed E-state index contributed by atoms with van der Waals surface area (Å²) < 4.78 is 6.15. The van der Waals surface area contributed by atoms with Crippen LogP contribution in [0.3, 0.4) is 0 Å². The summed E-state index contributed by atoms with van der Waals surface area (Å²) in [7, 11) is 1.90. The lowest BCUT2D eigenvalue weighted by Gasteiger charge is -2.36. The van der Waals surface area contributed by atoms with Gasteiger partial charge in [-0.2, -0.15) is 0 Å². The molecule has 2 atom stereocenters. The number of likely N-dealkylation sites (tertiary alicyclic amines) is 1. The minimum atomic E-state index is 0. The van der Waals surface area contributed by atoms with Gasteiger partial charge in [-0.25, -0.2) is 0 Å². The number of guanidine groups is 1. The van der Waals surface area contributed by atoms with Gasteiger partial charge in [-0.3, -0.25) is 4.99 Å². The predicted octanol–water partition coefficient (Wildman–Crippen LogP) is 4.39. The molecule has 0 aromatic heterocycles. The van der Waals surface area contributed by atoms with Crippen molar-refractivity contribution in [3.8, 4) is 0 Å². The summed E-state index contributed by atoms with van der Waals surface area (Å²) in [6.07, 6.45) is 5.08. The Balaban J connectivity index is 0.00000243. The number of aliphatic imine (C=N–C) groups is 1.